The zero-order chi connectivity index (χ0) is 14.7. The number of carbonyl (C=O) groups excluding carboxylic acids is 1. The van der Waals surface area contributed by atoms with E-state index in [2.05, 4.69) is 26.2 Å². The van der Waals surface area contributed by atoms with Crippen LogP contribution in [0.3, 0.4) is 0 Å². The van der Waals surface area contributed by atoms with Crippen LogP contribution < -0.4 is 11.1 Å². The van der Waals surface area contributed by atoms with Crippen molar-refractivity contribution in [3.05, 3.63) is 56.8 Å². The monoisotopic (exact) mass is 336 g/mol. The van der Waals surface area contributed by atoms with E-state index in [-0.39, 0.29) is 16.9 Å². The molecule has 102 valence electrons. The second-order valence-electron chi connectivity index (χ2n) is 3.84. The molecule has 2 rings (SSSR count). The molecule has 7 nitrogen and oxygen atoms in total. The molecule has 0 aliphatic heterocycles. The van der Waals surface area contributed by atoms with Gasteiger partial charge in [0.1, 0.15) is 5.69 Å². The van der Waals surface area contributed by atoms with E-state index in [1.54, 1.807) is 12.3 Å². The first kappa shape index (κ1) is 13.9. The Morgan fingerprint density at radius 2 is 2.15 bits per heavy atom. The van der Waals surface area contributed by atoms with Crippen LogP contribution in [-0.4, -0.2) is 15.8 Å². The number of aromatic nitrogens is 1. The highest BCUT2D eigenvalue weighted by atomic mass is 79.9. The van der Waals surface area contributed by atoms with Crippen molar-refractivity contribution < 1.29 is 9.72 Å². The van der Waals surface area contributed by atoms with Crippen LogP contribution in [0.1, 0.15) is 10.4 Å². The second kappa shape index (κ2) is 5.66. The average Bonchev–Trinajstić information content (AvgIpc) is 2.40. The molecule has 0 spiro atoms. The maximum atomic E-state index is 12.0. The van der Waals surface area contributed by atoms with Gasteiger partial charge in [-0.3, -0.25) is 19.9 Å². The van der Waals surface area contributed by atoms with E-state index in [9.17, 15) is 14.9 Å². The van der Waals surface area contributed by atoms with Crippen LogP contribution in [0.4, 0.5) is 17.1 Å². The van der Waals surface area contributed by atoms with Crippen molar-refractivity contribution in [1.29, 1.82) is 0 Å². The van der Waals surface area contributed by atoms with Gasteiger partial charge in [-0.05, 0) is 34.1 Å². The maximum absolute atomic E-state index is 12.0. The molecule has 1 amide bonds. The number of carbonyl (C=O) groups is 1. The number of nitrogens with two attached hydrogens (primary N) is 1. The number of nitro benzene ring substituents is 1. The number of hydrogen-bond donors (Lipinski definition) is 2. The Kier molecular flexibility index (Phi) is 3.94. The smallest absolute Gasteiger partial charge is 0.292 e. The lowest BCUT2D eigenvalue weighted by Crippen LogP contribution is -2.13. The average molecular weight is 337 g/mol. The Morgan fingerprint density at radius 3 is 2.75 bits per heavy atom. The van der Waals surface area contributed by atoms with Crippen molar-refractivity contribution in [3.63, 3.8) is 0 Å². The molecule has 0 fully saturated rings. The summed E-state index contributed by atoms with van der Waals surface area (Å²) < 4.78 is 0.628. The zero-order valence-corrected chi connectivity index (χ0v) is 11.6. The molecule has 3 N–H and O–H groups in total. The van der Waals surface area contributed by atoms with E-state index in [0.29, 0.717) is 10.2 Å². The van der Waals surface area contributed by atoms with Crippen LogP contribution in [0, 0.1) is 10.1 Å². The fourth-order valence-electron chi connectivity index (χ4n) is 1.53. The normalized spacial score (nSPS) is 10.1. The summed E-state index contributed by atoms with van der Waals surface area (Å²) in [7, 11) is 0. The summed E-state index contributed by atoms with van der Waals surface area (Å²) in [5, 5.41) is 13.3. The molecule has 0 aliphatic carbocycles. The van der Waals surface area contributed by atoms with Crippen molar-refractivity contribution in [2.45, 2.75) is 0 Å². The molecule has 0 saturated heterocycles. The van der Waals surface area contributed by atoms with Crippen molar-refractivity contribution in [2.75, 3.05) is 11.1 Å². The lowest BCUT2D eigenvalue weighted by Gasteiger charge is -2.07. The number of benzene rings is 1. The largest absolute Gasteiger partial charge is 0.393 e. The van der Waals surface area contributed by atoms with Gasteiger partial charge < -0.3 is 11.1 Å². The van der Waals surface area contributed by atoms with Gasteiger partial charge in [0.25, 0.3) is 11.6 Å². The number of rotatable bonds is 3. The van der Waals surface area contributed by atoms with Gasteiger partial charge in [0, 0.05) is 24.0 Å². The third-order valence-corrected chi connectivity index (χ3v) is 3.14. The van der Waals surface area contributed by atoms with Crippen molar-refractivity contribution in [3.8, 4) is 0 Å². The first-order valence-electron chi connectivity index (χ1n) is 5.44. The molecule has 0 bridgehead atoms. The lowest BCUT2D eigenvalue weighted by atomic mass is 10.1. The number of nitrogens with one attached hydrogen (secondary N) is 1. The Balaban J connectivity index is 2.24. The molecular formula is C12H9BrN4O3. The molecule has 1 heterocycles. The molecule has 8 heteroatoms. The molecule has 1 aromatic heterocycles. The summed E-state index contributed by atoms with van der Waals surface area (Å²) in [6.45, 7) is 0. The highest BCUT2D eigenvalue weighted by Crippen LogP contribution is 2.24. The third-order valence-electron chi connectivity index (χ3n) is 2.51. The van der Waals surface area contributed by atoms with Gasteiger partial charge in [-0.2, -0.15) is 0 Å². The number of nitrogen functional groups attached to an aromatic ring is 1. The summed E-state index contributed by atoms with van der Waals surface area (Å²) in [4.78, 5) is 25.9. The molecule has 0 atom stereocenters. The highest BCUT2D eigenvalue weighted by molar-refractivity contribution is 9.10. The van der Waals surface area contributed by atoms with Gasteiger partial charge in [-0.1, -0.05) is 0 Å². The van der Waals surface area contributed by atoms with Gasteiger partial charge in [0.2, 0.25) is 0 Å². The van der Waals surface area contributed by atoms with Crippen LogP contribution >= 0.6 is 15.9 Å². The van der Waals surface area contributed by atoms with Gasteiger partial charge in [-0.15, -0.1) is 0 Å². The van der Waals surface area contributed by atoms with Gasteiger partial charge >= 0.3 is 0 Å². The molecule has 2 aromatic rings. The number of amides is 1. The molecule has 0 saturated carbocycles. The number of hydrogen-bond acceptors (Lipinski definition) is 5. The highest BCUT2D eigenvalue weighted by Gasteiger charge is 2.15. The van der Waals surface area contributed by atoms with Crippen LogP contribution in [0.25, 0.3) is 0 Å². The summed E-state index contributed by atoms with van der Waals surface area (Å²) in [5.74, 6) is -0.418. The summed E-state index contributed by atoms with van der Waals surface area (Å²) in [6, 6.07) is 5.43. The van der Waals surface area contributed by atoms with E-state index >= 15 is 0 Å². The Labute approximate surface area is 122 Å². The number of anilines is 2. The van der Waals surface area contributed by atoms with Crippen molar-refractivity contribution in [2.24, 2.45) is 0 Å². The standard InChI is InChI=1S/C12H9BrN4O3/c13-8-6-15-4-3-10(8)16-12(18)7-1-2-11(17(19)20)9(14)5-7/h1-6H,14H2,(H,15,16,18). The molecule has 0 aliphatic rings. The first-order valence-corrected chi connectivity index (χ1v) is 6.23. The summed E-state index contributed by atoms with van der Waals surface area (Å²) in [6.07, 6.45) is 3.07. The minimum absolute atomic E-state index is 0.0588. The van der Waals surface area contributed by atoms with E-state index < -0.39 is 10.8 Å². The Morgan fingerprint density at radius 1 is 1.40 bits per heavy atom. The van der Waals surface area contributed by atoms with E-state index in [4.69, 9.17) is 5.73 Å². The third kappa shape index (κ3) is 2.91. The lowest BCUT2D eigenvalue weighted by molar-refractivity contribution is -0.383. The van der Waals surface area contributed by atoms with Crippen molar-refractivity contribution >= 4 is 38.9 Å². The van der Waals surface area contributed by atoms with Crippen LogP contribution in [-0.2, 0) is 0 Å². The van der Waals surface area contributed by atoms with E-state index in [1.807, 2.05) is 0 Å². The number of nitro groups is 1. The molecule has 1 aromatic carbocycles. The second-order valence-corrected chi connectivity index (χ2v) is 4.69. The Bertz CT molecular complexity index is 690. The van der Waals surface area contributed by atoms with Gasteiger partial charge in [-0.25, -0.2) is 0 Å². The minimum atomic E-state index is -0.601. The van der Waals surface area contributed by atoms with Crippen molar-refractivity contribution in [1.82, 2.24) is 4.98 Å². The van der Waals surface area contributed by atoms with Gasteiger partial charge in [0.05, 0.1) is 15.1 Å². The quantitative estimate of drug-likeness (QED) is 0.508. The molecule has 0 unspecified atom stereocenters. The van der Waals surface area contributed by atoms with Crippen LogP contribution in [0.15, 0.2) is 41.1 Å². The SMILES string of the molecule is Nc1cc(C(=O)Nc2ccncc2Br)ccc1[N+](=O)[O-]. The zero-order valence-electron chi connectivity index (χ0n) is 10.0. The fraction of sp³-hybridized carbons (Fsp3) is 0. The van der Waals surface area contributed by atoms with E-state index in [1.165, 1.54) is 24.4 Å². The fourth-order valence-corrected chi connectivity index (χ4v) is 1.88. The summed E-state index contributed by atoms with van der Waals surface area (Å²) >= 11 is 3.25. The first-order chi connectivity index (χ1) is 9.49. The Hall–Kier alpha value is -2.48. The molecular weight excluding hydrogens is 328 g/mol. The summed E-state index contributed by atoms with van der Waals surface area (Å²) in [5.41, 5.74) is 6.03. The topological polar surface area (TPSA) is 111 Å². The predicted molar refractivity (Wildman–Crippen MR) is 77.4 cm³/mol. The number of halogens is 1. The van der Waals surface area contributed by atoms with Crippen LogP contribution in [0.2, 0.25) is 0 Å². The van der Waals surface area contributed by atoms with Gasteiger partial charge in [0.15, 0.2) is 0 Å². The molecule has 0 radical (unpaired) electrons. The van der Waals surface area contributed by atoms with Crippen LogP contribution in [0.5, 0.6) is 0 Å². The predicted octanol–water partition coefficient (Wildman–Crippen LogP) is 2.59. The van der Waals surface area contributed by atoms with E-state index in [0.717, 1.165) is 0 Å². The maximum Gasteiger partial charge on any atom is 0.292 e. The number of pyridine rings is 1. The minimum Gasteiger partial charge on any atom is -0.393 e. The number of nitrogens with zero attached hydrogens (tertiary/aromatic N) is 2. The molecule has 20 heavy (non-hydrogen) atoms.